The zero-order valence-corrected chi connectivity index (χ0v) is 17.8. The summed E-state index contributed by atoms with van der Waals surface area (Å²) in [6.07, 6.45) is 3.15. The van der Waals surface area contributed by atoms with Gasteiger partial charge in [-0.2, -0.15) is 0 Å². The number of benzene rings is 1. The molecule has 8 heteroatoms. The number of ether oxygens (including phenoxy) is 1. The van der Waals surface area contributed by atoms with Crippen LogP contribution in [0.5, 0.6) is 0 Å². The van der Waals surface area contributed by atoms with E-state index < -0.39 is 0 Å². The Morgan fingerprint density at radius 2 is 2.11 bits per heavy atom. The van der Waals surface area contributed by atoms with Crippen LogP contribution in [-0.4, -0.2) is 55.2 Å². The van der Waals surface area contributed by atoms with E-state index in [1.54, 1.807) is 0 Å². The van der Waals surface area contributed by atoms with Crippen molar-refractivity contribution in [2.45, 2.75) is 26.2 Å². The van der Waals surface area contributed by atoms with E-state index >= 15 is 0 Å². The Kier molecular flexibility index (Phi) is 6.98. The van der Waals surface area contributed by atoms with E-state index in [-0.39, 0.29) is 24.2 Å². The number of hydrogen-bond donors (Lipinski definition) is 0. The number of amides is 1. The first-order valence-electron chi connectivity index (χ1n) is 9.30. The number of aryl methyl sites for hydroxylation is 1. The standard InChI is InChI=1S/C19H24ClN3O2S.ClH/c1-13-5-6-15(20)17-16(13)21-19(26-17)23(18(24)14-3-2-4-14)8-7-22-9-11-25-12-10-22;/h5-6,14H,2-4,7-12H2,1H3;1H. The molecule has 1 saturated carbocycles. The number of rotatable bonds is 5. The molecule has 5 nitrogen and oxygen atoms in total. The molecule has 0 bridgehead atoms. The third-order valence-corrected chi connectivity index (χ3v) is 6.92. The van der Waals surface area contributed by atoms with Crippen molar-refractivity contribution in [1.29, 1.82) is 0 Å². The van der Waals surface area contributed by atoms with E-state index in [0.29, 0.717) is 11.6 Å². The van der Waals surface area contributed by atoms with Gasteiger partial charge in [-0.05, 0) is 31.4 Å². The van der Waals surface area contributed by atoms with Crippen LogP contribution in [0.25, 0.3) is 10.2 Å². The van der Waals surface area contributed by atoms with Crippen molar-refractivity contribution in [3.8, 4) is 0 Å². The minimum atomic E-state index is 0. The predicted molar refractivity (Wildman–Crippen MR) is 114 cm³/mol. The fraction of sp³-hybridized carbons (Fsp3) is 0.579. The second-order valence-corrected chi connectivity index (χ2v) is 8.49. The number of thiazole rings is 1. The van der Waals surface area contributed by atoms with E-state index in [1.807, 2.05) is 24.0 Å². The summed E-state index contributed by atoms with van der Waals surface area (Å²) in [4.78, 5) is 22.1. The van der Waals surface area contributed by atoms with E-state index in [1.165, 1.54) is 11.3 Å². The summed E-state index contributed by atoms with van der Waals surface area (Å²) in [6.45, 7) is 6.95. The third-order valence-electron chi connectivity index (χ3n) is 5.38. The van der Waals surface area contributed by atoms with Crippen LogP contribution in [0, 0.1) is 12.8 Å². The fourth-order valence-corrected chi connectivity index (χ4v) is 4.80. The largest absolute Gasteiger partial charge is 0.379 e. The molecule has 2 fully saturated rings. The summed E-state index contributed by atoms with van der Waals surface area (Å²) in [6, 6.07) is 3.90. The molecule has 2 heterocycles. The van der Waals surface area contributed by atoms with Gasteiger partial charge in [-0.1, -0.05) is 35.4 Å². The Bertz CT molecular complexity index is 765. The van der Waals surface area contributed by atoms with Gasteiger partial charge in [-0.15, -0.1) is 12.4 Å². The molecule has 1 aromatic heterocycles. The van der Waals surface area contributed by atoms with Crippen LogP contribution >= 0.6 is 35.3 Å². The normalized spacial score (nSPS) is 18.1. The van der Waals surface area contributed by atoms with Crippen molar-refractivity contribution in [2.75, 3.05) is 44.3 Å². The average molecular weight is 430 g/mol. The second kappa shape index (κ2) is 9.05. The summed E-state index contributed by atoms with van der Waals surface area (Å²) in [7, 11) is 0. The van der Waals surface area contributed by atoms with Crippen molar-refractivity contribution in [1.82, 2.24) is 9.88 Å². The Morgan fingerprint density at radius 3 is 2.74 bits per heavy atom. The lowest BCUT2D eigenvalue weighted by molar-refractivity contribution is -0.124. The molecule has 27 heavy (non-hydrogen) atoms. The zero-order chi connectivity index (χ0) is 18.1. The van der Waals surface area contributed by atoms with Gasteiger partial charge in [0.05, 0.1) is 28.5 Å². The minimum Gasteiger partial charge on any atom is -0.379 e. The van der Waals surface area contributed by atoms with Crippen LogP contribution in [0.2, 0.25) is 5.02 Å². The minimum absolute atomic E-state index is 0. The van der Waals surface area contributed by atoms with Gasteiger partial charge in [0.2, 0.25) is 5.91 Å². The lowest BCUT2D eigenvalue weighted by atomic mass is 9.84. The lowest BCUT2D eigenvalue weighted by Crippen LogP contribution is -2.45. The zero-order valence-electron chi connectivity index (χ0n) is 15.4. The number of morpholine rings is 1. The maximum atomic E-state index is 13.1. The molecule has 148 valence electrons. The van der Waals surface area contributed by atoms with Crippen LogP contribution in [0.1, 0.15) is 24.8 Å². The van der Waals surface area contributed by atoms with E-state index in [0.717, 1.165) is 73.0 Å². The summed E-state index contributed by atoms with van der Waals surface area (Å²) < 4.78 is 6.39. The van der Waals surface area contributed by atoms with Crippen molar-refractivity contribution in [3.63, 3.8) is 0 Å². The highest BCUT2D eigenvalue weighted by molar-refractivity contribution is 7.23. The molecule has 0 radical (unpaired) electrons. The first kappa shape index (κ1) is 20.8. The van der Waals surface area contributed by atoms with Crippen molar-refractivity contribution < 1.29 is 9.53 Å². The molecule has 1 saturated heterocycles. The quantitative estimate of drug-likeness (QED) is 0.715. The van der Waals surface area contributed by atoms with Gasteiger partial charge in [0.15, 0.2) is 5.13 Å². The van der Waals surface area contributed by atoms with Crippen LogP contribution in [-0.2, 0) is 9.53 Å². The van der Waals surface area contributed by atoms with Gasteiger partial charge in [0, 0.05) is 32.1 Å². The Balaban J connectivity index is 0.00000210. The van der Waals surface area contributed by atoms with E-state index in [4.69, 9.17) is 21.3 Å². The van der Waals surface area contributed by atoms with Gasteiger partial charge in [0.1, 0.15) is 0 Å². The van der Waals surface area contributed by atoms with Crippen LogP contribution < -0.4 is 4.90 Å². The molecule has 4 rings (SSSR count). The monoisotopic (exact) mass is 429 g/mol. The molecule has 0 N–H and O–H groups in total. The highest BCUT2D eigenvalue weighted by Crippen LogP contribution is 2.37. The number of nitrogens with zero attached hydrogens (tertiary/aromatic N) is 3. The molecule has 1 aromatic carbocycles. The molecule has 0 atom stereocenters. The van der Waals surface area contributed by atoms with Crippen LogP contribution in [0.3, 0.4) is 0 Å². The lowest BCUT2D eigenvalue weighted by Gasteiger charge is -2.33. The molecule has 2 aliphatic rings. The number of halogens is 2. The number of fused-ring (bicyclic) bond motifs is 1. The maximum Gasteiger partial charge on any atom is 0.231 e. The van der Waals surface area contributed by atoms with Gasteiger partial charge in [0.25, 0.3) is 0 Å². The summed E-state index contributed by atoms with van der Waals surface area (Å²) >= 11 is 7.90. The maximum absolute atomic E-state index is 13.1. The number of carbonyl (C=O) groups excluding carboxylic acids is 1. The topological polar surface area (TPSA) is 45.7 Å². The number of carbonyl (C=O) groups is 1. The average Bonchev–Trinajstić information content (AvgIpc) is 3.04. The van der Waals surface area contributed by atoms with Gasteiger partial charge >= 0.3 is 0 Å². The molecule has 0 unspecified atom stereocenters. The van der Waals surface area contributed by atoms with Crippen molar-refractivity contribution >= 4 is 56.6 Å². The third kappa shape index (κ3) is 4.40. The summed E-state index contributed by atoms with van der Waals surface area (Å²) in [5, 5.41) is 1.49. The van der Waals surface area contributed by atoms with Crippen LogP contribution in [0.4, 0.5) is 5.13 Å². The van der Waals surface area contributed by atoms with E-state index in [2.05, 4.69) is 4.90 Å². The second-order valence-electron chi connectivity index (χ2n) is 7.11. The van der Waals surface area contributed by atoms with Crippen LogP contribution in [0.15, 0.2) is 12.1 Å². The first-order valence-corrected chi connectivity index (χ1v) is 10.5. The SMILES string of the molecule is Cc1ccc(Cl)c2sc(N(CCN3CCOCC3)C(=O)C3CCC3)nc12.Cl. The molecule has 1 amide bonds. The molecular formula is C19H25Cl2N3O2S. The van der Waals surface area contributed by atoms with Crippen molar-refractivity contribution in [2.24, 2.45) is 5.92 Å². The molecule has 0 spiro atoms. The highest BCUT2D eigenvalue weighted by atomic mass is 35.5. The van der Waals surface area contributed by atoms with Gasteiger partial charge in [-0.3, -0.25) is 14.6 Å². The Hall–Kier alpha value is -0.920. The fourth-order valence-electron chi connectivity index (χ4n) is 3.45. The van der Waals surface area contributed by atoms with Crippen molar-refractivity contribution in [3.05, 3.63) is 22.7 Å². The van der Waals surface area contributed by atoms with Gasteiger partial charge < -0.3 is 4.74 Å². The number of anilines is 1. The molecular weight excluding hydrogens is 405 g/mol. The molecule has 1 aliphatic carbocycles. The smallest absolute Gasteiger partial charge is 0.231 e. The predicted octanol–water partition coefficient (Wildman–Crippen LogP) is 4.15. The molecule has 1 aliphatic heterocycles. The van der Waals surface area contributed by atoms with E-state index in [9.17, 15) is 4.79 Å². The Morgan fingerprint density at radius 1 is 1.37 bits per heavy atom. The summed E-state index contributed by atoms with van der Waals surface area (Å²) in [5.41, 5.74) is 2.01. The van der Waals surface area contributed by atoms with Gasteiger partial charge in [-0.25, -0.2) is 4.98 Å². The Labute approximate surface area is 175 Å². The highest BCUT2D eigenvalue weighted by Gasteiger charge is 2.32. The molecule has 2 aromatic rings. The number of aromatic nitrogens is 1. The summed E-state index contributed by atoms with van der Waals surface area (Å²) in [5.74, 6) is 0.376. The number of hydrogen-bond acceptors (Lipinski definition) is 5. The first-order chi connectivity index (χ1) is 12.6.